The summed E-state index contributed by atoms with van der Waals surface area (Å²) < 4.78 is 0. The fourth-order valence-electron chi connectivity index (χ4n) is 6.72. The van der Waals surface area contributed by atoms with Crippen molar-refractivity contribution in [1.82, 2.24) is 14.9 Å². The highest BCUT2D eigenvalue weighted by Crippen LogP contribution is 2.47. The Morgan fingerprint density at radius 1 is 0.763 bits per heavy atom. The molecule has 2 fully saturated rings. The molecule has 38 heavy (non-hydrogen) atoms. The molecule has 1 unspecified atom stereocenters. The second-order valence-electron chi connectivity index (χ2n) is 10.6. The van der Waals surface area contributed by atoms with Crippen LogP contribution in [0.4, 0.5) is 5.69 Å². The first-order valence-electron chi connectivity index (χ1n) is 13.4. The Bertz CT molecular complexity index is 1570. The summed E-state index contributed by atoms with van der Waals surface area (Å²) in [4.78, 5) is 37.2. The van der Waals surface area contributed by atoms with Crippen molar-refractivity contribution in [3.63, 3.8) is 0 Å². The standard InChI is InChI=1S/C32H30N4O2/c37-30-18-22(21-36(30)23-8-2-1-3-9-23)31(38)35-16-14-32(15-17-35,26-19-33-28-12-6-4-10-24(26)28)27-20-34-29-13-7-5-11-25(27)29/h1-13,19-20,22,33-34H,14-18,21H2. The molecule has 190 valence electrons. The van der Waals surface area contributed by atoms with E-state index in [1.54, 1.807) is 4.90 Å². The minimum atomic E-state index is -0.295. The highest BCUT2D eigenvalue weighted by atomic mass is 16.2. The van der Waals surface area contributed by atoms with Crippen LogP contribution in [0.5, 0.6) is 0 Å². The van der Waals surface area contributed by atoms with Crippen LogP contribution in [0.3, 0.4) is 0 Å². The number of rotatable bonds is 4. The van der Waals surface area contributed by atoms with E-state index in [9.17, 15) is 9.59 Å². The van der Waals surface area contributed by atoms with E-state index in [0.717, 1.165) is 29.6 Å². The largest absolute Gasteiger partial charge is 0.361 e. The van der Waals surface area contributed by atoms with Gasteiger partial charge in [-0.2, -0.15) is 0 Å². The molecule has 2 aliphatic heterocycles. The molecule has 0 aliphatic carbocycles. The van der Waals surface area contributed by atoms with Crippen molar-refractivity contribution in [1.29, 1.82) is 0 Å². The summed E-state index contributed by atoms with van der Waals surface area (Å²) in [6.07, 6.45) is 6.26. The monoisotopic (exact) mass is 502 g/mol. The molecule has 2 aliphatic rings. The number of anilines is 1. The van der Waals surface area contributed by atoms with Gasteiger partial charge in [0.15, 0.2) is 0 Å². The predicted molar refractivity (Wildman–Crippen MR) is 150 cm³/mol. The van der Waals surface area contributed by atoms with E-state index in [4.69, 9.17) is 0 Å². The summed E-state index contributed by atoms with van der Waals surface area (Å²) >= 11 is 0. The van der Waals surface area contributed by atoms with E-state index in [1.807, 2.05) is 35.2 Å². The number of aromatic nitrogens is 2. The van der Waals surface area contributed by atoms with Gasteiger partial charge in [0, 0.05) is 71.4 Å². The average Bonchev–Trinajstić information content (AvgIpc) is 3.70. The zero-order chi connectivity index (χ0) is 25.7. The molecule has 2 N–H and O–H groups in total. The van der Waals surface area contributed by atoms with Gasteiger partial charge in [-0.25, -0.2) is 0 Å². The number of nitrogens with one attached hydrogen (secondary N) is 2. The first-order chi connectivity index (χ1) is 18.6. The lowest BCUT2D eigenvalue weighted by molar-refractivity contribution is -0.137. The Morgan fingerprint density at radius 2 is 1.32 bits per heavy atom. The molecule has 7 rings (SSSR count). The number of amides is 2. The number of likely N-dealkylation sites (tertiary alicyclic amines) is 1. The van der Waals surface area contributed by atoms with Crippen molar-refractivity contribution in [2.75, 3.05) is 24.5 Å². The SMILES string of the molecule is O=C(C1CC(=O)N(c2ccccc2)C1)N1CCC(c2c[nH]c3ccccc23)(c2c[nH]c3ccccc23)CC1. The number of para-hydroxylation sites is 3. The van der Waals surface area contributed by atoms with Crippen molar-refractivity contribution >= 4 is 39.3 Å². The smallest absolute Gasteiger partial charge is 0.228 e. The lowest BCUT2D eigenvalue weighted by Crippen LogP contribution is -2.47. The summed E-state index contributed by atoms with van der Waals surface area (Å²) in [6.45, 7) is 1.77. The number of carbonyl (C=O) groups excluding carboxylic acids is 2. The fraction of sp³-hybridized carbons (Fsp3) is 0.250. The van der Waals surface area contributed by atoms with Crippen LogP contribution >= 0.6 is 0 Å². The van der Waals surface area contributed by atoms with Crippen LogP contribution in [-0.4, -0.2) is 46.3 Å². The van der Waals surface area contributed by atoms with Gasteiger partial charge in [0.05, 0.1) is 5.92 Å². The molecule has 2 saturated heterocycles. The van der Waals surface area contributed by atoms with Crippen LogP contribution in [0.25, 0.3) is 21.8 Å². The number of hydrogen-bond acceptors (Lipinski definition) is 2. The number of piperidine rings is 1. The molecule has 1 atom stereocenters. The van der Waals surface area contributed by atoms with Crippen molar-refractivity contribution in [2.45, 2.75) is 24.7 Å². The highest BCUT2D eigenvalue weighted by Gasteiger charge is 2.44. The third-order valence-electron chi connectivity index (χ3n) is 8.68. The molecule has 2 amide bonds. The third-order valence-corrected chi connectivity index (χ3v) is 8.68. The molecule has 0 spiro atoms. The van der Waals surface area contributed by atoms with Crippen LogP contribution < -0.4 is 4.90 Å². The maximum Gasteiger partial charge on any atom is 0.228 e. The van der Waals surface area contributed by atoms with Gasteiger partial charge in [-0.3, -0.25) is 9.59 Å². The summed E-state index contributed by atoms with van der Waals surface area (Å²) in [5.74, 6) is -0.168. The molecule has 5 aromatic rings. The molecule has 6 heteroatoms. The molecule has 0 radical (unpaired) electrons. The second-order valence-corrected chi connectivity index (χ2v) is 10.6. The molecular formula is C32H30N4O2. The summed E-state index contributed by atoms with van der Waals surface area (Å²) in [5, 5.41) is 2.47. The second kappa shape index (κ2) is 8.91. The van der Waals surface area contributed by atoms with Crippen LogP contribution in [0, 0.1) is 5.92 Å². The molecular weight excluding hydrogens is 472 g/mol. The number of H-pyrrole nitrogens is 2. The molecule has 6 nitrogen and oxygen atoms in total. The normalized spacial score (nSPS) is 19.5. The zero-order valence-electron chi connectivity index (χ0n) is 21.2. The minimum absolute atomic E-state index is 0.0264. The lowest BCUT2D eigenvalue weighted by atomic mass is 9.67. The van der Waals surface area contributed by atoms with Gasteiger partial charge in [-0.05, 0) is 48.2 Å². The molecule has 0 bridgehead atoms. The van der Waals surface area contributed by atoms with E-state index in [0.29, 0.717) is 19.6 Å². The molecule has 0 saturated carbocycles. The van der Waals surface area contributed by atoms with Gasteiger partial charge in [-0.1, -0.05) is 54.6 Å². The van der Waals surface area contributed by atoms with E-state index >= 15 is 0 Å². The van der Waals surface area contributed by atoms with Crippen molar-refractivity contribution in [3.8, 4) is 0 Å². The summed E-state index contributed by atoms with van der Waals surface area (Å²) in [7, 11) is 0. The maximum absolute atomic E-state index is 13.7. The van der Waals surface area contributed by atoms with Gasteiger partial charge in [0.1, 0.15) is 0 Å². The van der Waals surface area contributed by atoms with Crippen molar-refractivity contribution in [3.05, 3.63) is 102 Å². The van der Waals surface area contributed by atoms with Gasteiger partial charge < -0.3 is 19.8 Å². The Kier molecular flexibility index (Phi) is 5.36. The van der Waals surface area contributed by atoms with Crippen LogP contribution in [0.2, 0.25) is 0 Å². The quantitative estimate of drug-likeness (QED) is 0.335. The number of fused-ring (bicyclic) bond motifs is 2. The Morgan fingerprint density at radius 3 is 1.92 bits per heavy atom. The Labute approximate surface area is 221 Å². The van der Waals surface area contributed by atoms with Gasteiger partial charge in [0.25, 0.3) is 0 Å². The van der Waals surface area contributed by atoms with E-state index in [1.165, 1.54) is 21.9 Å². The number of hydrogen-bond donors (Lipinski definition) is 2. The minimum Gasteiger partial charge on any atom is -0.361 e. The number of benzene rings is 3. The first-order valence-corrected chi connectivity index (χ1v) is 13.4. The van der Waals surface area contributed by atoms with Crippen molar-refractivity contribution in [2.24, 2.45) is 5.92 Å². The van der Waals surface area contributed by atoms with Crippen LogP contribution in [0.1, 0.15) is 30.4 Å². The molecule has 3 aromatic carbocycles. The average molecular weight is 503 g/mol. The topological polar surface area (TPSA) is 72.2 Å². The van der Waals surface area contributed by atoms with E-state index in [2.05, 4.69) is 70.9 Å². The highest BCUT2D eigenvalue weighted by molar-refractivity contribution is 6.00. The third kappa shape index (κ3) is 3.55. The lowest BCUT2D eigenvalue weighted by Gasteiger charge is -2.43. The first kappa shape index (κ1) is 22.8. The Balaban J connectivity index is 1.19. The van der Waals surface area contributed by atoms with Gasteiger partial charge >= 0.3 is 0 Å². The number of aromatic amines is 2. The van der Waals surface area contributed by atoms with Crippen LogP contribution in [-0.2, 0) is 15.0 Å². The maximum atomic E-state index is 13.7. The number of carbonyl (C=O) groups is 2. The summed E-state index contributed by atoms with van der Waals surface area (Å²) in [5.41, 5.74) is 5.48. The van der Waals surface area contributed by atoms with Crippen molar-refractivity contribution < 1.29 is 9.59 Å². The molecule has 2 aromatic heterocycles. The van der Waals surface area contributed by atoms with E-state index < -0.39 is 0 Å². The molecule has 4 heterocycles. The predicted octanol–water partition coefficient (Wildman–Crippen LogP) is 5.61. The van der Waals surface area contributed by atoms with Gasteiger partial charge in [-0.15, -0.1) is 0 Å². The van der Waals surface area contributed by atoms with E-state index in [-0.39, 0.29) is 29.6 Å². The zero-order valence-corrected chi connectivity index (χ0v) is 21.2. The van der Waals surface area contributed by atoms with Gasteiger partial charge in [0.2, 0.25) is 11.8 Å². The summed E-state index contributed by atoms with van der Waals surface area (Å²) in [6, 6.07) is 26.6. The Hall–Kier alpha value is -4.32. The fourth-order valence-corrected chi connectivity index (χ4v) is 6.72. The number of nitrogens with zero attached hydrogens (tertiary/aromatic N) is 2. The van der Waals surface area contributed by atoms with Crippen LogP contribution in [0.15, 0.2) is 91.3 Å².